The number of hydrogen-bond acceptors (Lipinski definition) is 8. The van der Waals surface area contributed by atoms with Crippen LogP contribution in [0.3, 0.4) is 0 Å². The first-order valence-electron chi connectivity index (χ1n) is 20.8. The lowest BCUT2D eigenvalue weighted by Gasteiger charge is -2.44. The molecular formula is C46H48F12N4O6. The molecule has 0 radical (unpaired) electrons. The maximum absolute atomic E-state index is 13.2. The third-order valence-electron chi connectivity index (χ3n) is 12.3. The van der Waals surface area contributed by atoms with Gasteiger partial charge in [-0.05, 0) is 98.2 Å². The predicted octanol–water partition coefficient (Wildman–Crippen LogP) is 8.59. The minimum atomic E-state index is -4.97. The molecule has 0 aromatic heterocycles. The third kappa shape index (κ3) is 12.7. The van der Waals surface area contributed by atoms with E-state index in [9.17, 15) is 72.5 Å². The first-order chi connectivity index (χ1) is 31.3. The van der Waals surface area contributed by atoms with Gasteiger partial charge in [-0.1, -0.05) is 60.7 Å². The number of amides is 2. The predicted molar refractivity (Wildman–Crippen MR) is 221 cm³/mol. The number of nitrogens with two attached hydrogens (primary N) is 2. The molecule has 6 atom stereocenters. The fraction of sp³-hybridized carbons (Fsp3) is 0.435. The molecule has 4 aromatic rings. The van der Waals surface area contributed by atoms with Gasteiger partial charge in [0.05, 0.1) is 58.8 Å². The van der Waals surface area contributed by atoms with Crippen LogP contribution in [-0.2, 0) is 54.8 Å². The summed E-state index contributed by atoms with van der Waals surface area (Å²) in [6.07, 6.45) is -21.8. The van der Waals surface area contributed by atoms with Crippen LogP contribution >= 0.6 is 0 Å². The molecule has 0 bridgehead atoms. The summed E-state index contributed by atoms with van der Waals surface area (Å²) < 4.78 is 170. The number of rotatable bonds is 12. The molecule has 0 spiro atoms. The molecule has 372 valence electrons. The highest BCUT2D eigenvalue weighted by Gasteiger charge is 2.48. The Labute approximate surface area is 382 Å². The van der Waals surface area contributed by atoms with Crippen molar-refractivity contribution in [3.63, 3.8) is 0 Å². The van der Waals surface area contributed by atoms with E-state index < -0.39 is 93.3 Å². The molecule has 2 aliphatic heterocycles. The van der Waals surface area contributed by atoms with E-state index in [1.54, 1.807) is 60.7 Å². The Bertz CT molecular complexity index is 2130. The maximum atomic E-state index is 13.2. The molecule has 2 saturated heterocycles. The number of primary amides is 2. The SMILES string of the molecule is C[C@@H](OC[C@@]1(c2ccccc2)CCC(O)(C(N)=O)CN1)c1cc(C(F)(F)F)cc(C(F)(F)F)c1.C[C@@H](OC[C@@]1(c2ccccc2)CCC(O)(C(N)=O)CN1)c1cc(C(F)(F)F)cc(C(F)(F)F)c1. The number of aliphatic hydroxyl groups is 2. The lowest BCUT2D eigenvalue weighted by atomic mass is 9.77. The smallest absolute Gasteiger partial charge is 0.379 e. The van der Waals surface area contributed by atoms with E-state index in [4.69, 9.17) is 20.9 Å². The van der Waals surface area contributed by atoms with Crippen LogP contribution in [0.2, 0.25) is 0 Å². The normalized spacial score (nSPS) is 24.6. The van der Waals surface area contributed by atoms with Gasteiger partial charge in [0, 0.05) is 13.1 Å². The number of halogens is 12. The second-order valence-corrected chi connectivity index (χ2v) is 17.0. The van der Waals surface area contributed by atoms with E-state index in [2.05, 4.69) is 10.6 Å². The molecule has 0 saturated carbocycles. The zero-order chi connectivity index (χ0) is 50.7. The number of ether oxygens (including phenoxy) is 2. The second kappa shape index (κ2) is 20.0. The quantitative estimate of drug-likeness (QED) is 0.0768. The summed E-state index contributed by atoms with van der Waals surface area (Å²) in [5.74, 6) is -1.81. The van der Waals surface area contributed by atoms with Crippen molar-refractivity contribution < 1.29 is 82.0 Å². The summed E-state index contributed by atoms with van der Waals surface area (Å²) in [4.78, 5) is 23.2. The number of hydrogen-bond donors (Lipinski definition) is 6. The van der Waals surface area contributed by atoms with Gasteiger partial charge in [0.2, 0.25) is 0 Å². The molecule has 22 heteroatoms. The fourth-order valence-corrected chi connectivity index (χ4v) is 7.82. The Kier molecular flexibility index (Phi) is 15.8. The number of nitrogens with one attached hydrogen (secondary N) is 2. The van der Waals surface area contributed by atoms with Gasteiger partial charge in [0.15, 0.2) is 11.2 Å². The fourth-order valence-electron chi connectivity index (χ4n) is 7.82. The highest BCUT2D eigenvalue weighted by Crippen LogP contribution is 2.42. The van der Waals surface area contributed by atoms with Crippen molar-refractivity contribution in [2.45, 2.75) is 98.7 Å². The maximum Gasteiger partial charge on any atom is 0.416 e. The highest BCUT2D eigenvalue weighted by atomic mass is 19.4. The van der Waals surface area contributed by atoms with E-state index in [1.165, 1.54) is 13.8 Å². The molecular weight excluding hydrogens is 933 g/mol. The van der Waals surface area contributed by atoms with Crippen LogP contribution in [0.1, 0.15) is 96.2 Å². The Morgan fingerprint density at radius 3 is 1.03 bits per heavy atom. The molecule has 2 aliphatic rings. The summed E-state index contributed by atoms with van der Waals surface area (Å²) in [7, 11) is 0. The van der Waals surface area contributed by atoms with Gasteiger partial charge in [-0.3, -0.25) is 9.59 Å². The number of benzene rings is 4. The number of piperidine rings is 2. The van der Waals surface area contributed by atoms with Gasteiger partial charge >= 0.3 is 24.7 Å². The minimum absolute atomic E-state index is 0.0102. The van der Waals surface area contributed by atoms with Crippen LogP contribution in [-0.4, -0.2) is 59.5 Å². The van der Waals surface area contributed by atoms with Gasteiger partial charge in [0.25, 0.3) is 11.8 Å². The van der Waals surface area contributed by atoms with Crippen molar-refractivity contribution >= 4 is 11.8 Å². The Morgan fingerprint density at radius 2 is 0.809 bits per heavy atom. The Morgan fingerprint density at radius 1 is 0.529 bits per heavy atom. The van der Waals surface area contributed by atoms with Crippen molar-refractivity contribution in [2.75, 3.05) is 26.3 Å². The second-order valence-electron chi connectivity index (χ2n) is 17.0. The van der Waals surface area contributed by atoms with Crippen molar-refractivity contribution in [2.24, 2.45) is 11.5 Å². The first kappa shape index (κ1) is 53.7. The number of carbonyl (C=O) groups is 2. The molecule has 8 N–H and O–H groups in total. The van der Waals surface area contributed by atoms with Crippen LogP contribution < -0.4 is 22.1 Å². The zero-order valence-corrected chi connectivity index (χ0v) is 36.3. The van der Waals surface area contributed by atoms with E-state index in [1.807, 2.05) is 0 Å². The van der Waals surface area contributed by atoms with Crippen LogP contribution in [0.15, 0.2) is 97.1 Å². The molecule has 2 amide bonds. The van der Waals surface area contributed by atoms with Crippen LogP contribution in [0.4, 0.5) is 52.7 Å². The standard InChI is InChI=1S/2C23H24F6N2O3/c2*1-14(15-9-17(22(24,25)26)11-18(10-15)23(27,28)29)34-13-20(16-5-3-2-4-6-16)7-8-21(33,12-31-20)19(30)32/h2*2-6,9-11,14,31,33H,7-8,12-13H2,1H3,(H2,30,32)/t2*14-,20-,21?/m11/s1. The average Bonchev–Trinajstić information content (AvgIpc) is 3.28. The third-order valence-corrected chi connectivity index (χ3v) is 12.3. The first-order valence-corrected chi connectivity index (χ1v) is 20.8. The molecule has 68 heavy (non-hydrogen) atoms. The van der Waals surface area contributed by atoms with Gasteiger partial charge in [-0.25, -0.2) is 0 Å². The summed E-state index contributed by atoms with van der Waals surface area (Å²) in [5.41, 5.74) is 0.262. The molecule has 4 aromatic carbocycles. The Hall–Kier alpha value is -5.26. The molecule has 0 aliphatic carbocycles. The van der Waals surface area contributed by atoms with Crippen LogP contribution in [0, 0.1) is 0 Å². The highest BCUT2D eigenvalue weighted by molar-refractivity contribution is 5.84. The number of β-amino-alcohol motifs (C(OH)–C–C–N with tert-alkyl or cyclic N) is 2. The van der Waals surface area contributed by atoms with Gasteiger partial charge in [-0.15, -0.1) is 0 Å². The monoisotopic (exact) mass is 980 g/mol. The van der Waals surface area contributed by atoms with Crippen LogP contribution in [0.5, 0.6) is 0 Å². The lowest BCUT2D eigenvalue weighted by Crippen LogP contribution is -2.62. The summed E-state index contributed by atoms with van der Waals surface area (Å²) in [5, 5.41) is 26.9. The van der Waals surface area contributed by atoms with E-state index >= 15 is 0 Å². The summed E-state index contributed by atoms with van der Waals surface area (Å²) >= 11 is 0. The molecule has 2 fully saturated rings. The van der Waals surface area contributed by atoms with E-state index in [0.29, 0.717) is 35.4 Å². The summed E-state index contributed by atoms with van der Waals surface area (Å²) in [6, 6.07) is 20.3. The van der Waals surface area contributed by atoms with Crippen molar-refractivity contribution in [1.82, 2.24) is 10.6 Å². The van der Waals surface area contributed by atoms with Crippen molar-refractivity contribution in [3.8, 4) is 0 Å². The molecule has 10 nitrogen and oxygen atoms in total. The van der Waals surface area contributed by atoms with E-state index in [0.717, 1.165) is 0 Å². The molecule has 2 heterocycles. The van der Waals surface area contributed by atoms with Crippen molar-refractivity contribution in [3.05, 3.63) is 142 Å². The van der Waals surface area contributed by atoms with Gasteiger partial charge < -0.3 is 41.8 Å². The van der Waals surface area contributed by atoms with E-state index in [-0.39, 0.29) is 75.2 Å². The molecule has 2 unspecified atom stereocenters. The van der Waals surface area contributed by atoms with Crippen molar-refractivity contribution in [1.29, 1.82) is 0 Å². The van der Waals surface area contributed by atoms with Crippen LogP contribution in [0.25, 0.3) is 0 Å². The zero-order valence-electron chi connectivity index (χ0n) is 36.3. The molecule has 6 rings (SSSR count). The lowest BCUT2D eigenvalue weighted by molar-refractivity contribution is -0.145. The number of carbonyl (C=O) groups excluding carboxylic acids is 2. The largest absolute Gasteiger partial charge is 0.416 e. The Balaban J connectivity index is 0.000000254. The number of alkyl halides is 12. The topological polar surface area (TPSA) is 169 Å². The summed E-state index contributed by atoms with van der Waals surface area (Å²) in [6.45, 7) is 2.02. The average molecular weight is 981 g/mol. The van der Waals surface area contributed by atoms with Gasteiger partial charge in [0.1, 0.15) is 0 Å². The minimum Gasteiger partial charge on any atom is -0.379 e. The van der Waals surface area contributed by atoms with Gasteiger partial charge in [-0.2, -0.15) is 52.7 Å².